The summed E-state index contributed by atoms with van der Waals surface area (Å²) in [7, 11) is -3.85. The van der Waals surface area contributed by atoms with Crippen LogP contribution in [0.3, 0.4) is 0 Å². The molecule has 142 valence electrons. The number of morpholine rings is 1. The minimum atomic E-state index is -3.85. The number of carbonyl (C=O) groups excluding carboxylic acids is 2. The van der Waals surface area contributed by atoms with Gasteiger partial charge in [0.15, 0.2) is 11.9 Å². The lowest BCUT2D eigenvalue weighted by molar-refractivity contribution is -0.129. The third-order valence-electron chi connectivity index (χ3n) is 4.50. The highest BCUT2D eigenvalue weighted by atomic mass is 35.5. The van der Waals surface area contributed by atoms with Crippen molar-refractivity contribution in [2.75, 3.05) is 26.3 Å². The molecule has 1 aliphatic heterocycles. The van der Waals surface area contributed by atoms with Crippen LogP contribution in [0, 0.1) is 0 Å². The summed E-state index contributed by atoms with van der Waals surface area (Å²) in [6, 6.07) is 3.97. The largest absolute Gasteiger partial charge is 0.451 e. The summed E-state index contributed by atoms with van der Waals surface area (Å²) >= 11 is 6.08. The first-order valence-corrected chi connectivity index (χ1v) is 10.3. The first-order valence-electron chi connectivity index (χ1n) is 8.51. The Morgan fingerprint density at radius 1 is 1.23 bits per heavy atom. The predicted octanol–water partition coefficient (Wildman–Crippen LogP) is 2.03. The van der Waals surface area contributed by atoms with Crippen LogP contribution in [0.1, 0.15) is 36.0 Å². The number of Topliss-reactive ketones (excluding diaryl/α,β-unsaturated/α-hetero) is 1. The van der Waals surface area contributed by atoms with Crippen molar-refractivity contribution in [1.29, 1.82) is 0 Å². The maximum atomic E-state index is 12.8. The molecule has 1 aromatic rings. The number of carbonyl (C=O) groups is 2. The maximum absolute atomic E-state index is 12.8. The molecule has 0 radical (unpaired) electrons. The van der Waals surface area contributed by atoms with Gasteiger partial charge in [-0.25, -0.2) is 13.2 Å². The van der Waals surface area contributed by atoms with E-state index in [0.29, 0.717) is 26.1 Å². The Bertz CT molecular complexity index is 803. The summed E-state index contributed by atoms with van der Waals surface area (Å²) in [5.41, 5.74) is 0.0552. The predicted molar refractivity (Wildman–Crippen MR) is 93.7 cm³/mol. The number of ether oxygens (including phenoxy) is 2. The first kappa shape index (κ1) is 19.3. The fraction of sp³-hybridized carbons (Fsp3) is 0.529. The molecule has 0 aromatic heterocycles. The van der Waals surface area contributed by atoms with Crippen molar-refractivity contribution in [2.24, 2.45) is 0 Å². The van der Waals surface area contributed by atoms with Crippen LogP contribution in [0.5, 0.6) is 0 Å². The Morgan fingerprint density at radius 3 is 2.65 bits per heavy atom. The highest BCUT2D eigenvalue weighted by Crippen LogP contribution is 2.27. The Balaban J connectivity index is 1.82. The van der Waals surface area contributed by atoms with Gasteiger partial charge in [-0.1, -0.05) is 11.6 Å². The molecule has 1 saturated carbocycles. The molecule has 0 bridgehead atoms. The van der Waals surface area contributed by atoms with E-state index in [4.69, 9.17) is 21.1 Å². The van der Waals surface area contributed by atoms with Gasteiger partial charge >= 0.3 is 5.97 Å². The van der Waals surface area contributed by atoms with Crippen molar-refractivity contribution in [2.45, 2.75) is 36.7 Å². The fourth-order valence-corrected chi connectivity index (χ4v) is 4.94. The number of nitrogens with zero attached hydrogens (tertiary/aromatic N) is 1. The van der Waals surface area contributed by atoms with E-state index < -0.39 is 22.1 Å². The zero-order valence-electron chi connectivity index (χ0n) is 14.1. The average molecular weight is 402 g/mol. The summed E-state index contributed by atoms with van der Waals surface area (Å²) in [5.74, 6) is -0.819. The maximum Gasteiger partial charge on any atom is 0.338 e. The summed E-state index contributed by atoms with van der Waals surface area (Å²) in [6.45, 7) is 1.07. The first-order chi connectivity index (χ1) is 12.4. The van der Waals surface area contributed by atoms with Crippen molar-refractivity contribution in [3.05, 3.63) is 28.8 Å². The van der Waals surface area contributed by atoms with Crippen molar-refractivity contribution in [3.8, 4) is 0 Å². The van der Waals surface area contributed by atoms with E-state index in [1.807, 2.05) is 0 Å². The second-order valence-electron chi connectivity index (χ2n) is 6.27. The summed E-state index contributed by atoms with van der Waals surface area (Å²) in [5, 5.41) is 0.0294. The molecule has 0 N–H and O–H groups in total. The molecular weight excluding hydrogens is 382 g/mol. The third kappa shape index (κ3) is 4.09. The standard InChI is InChI=1S/C17H20ClNO6S/c18-13-6-5-12(17(21)25-15-4-2-1-3-14(15)20)11-16(13)26(22,23)19-7-9-24-10-8-19/h5-6,11,15H,1-4,7-10H2. The number of sulfonamides is 1. The lowest BCUT2D eigenvalue weighted by Gasteiger charge is -2.26. The lowest BCUT2D eigenvalue weighted by atomic mass is 9.96. The van der Waals surface area contributed by atoms with E-state index in [1.54, 1.807) is 0 Å². The van der Waals surface area contributed by atoms with E-state index in [1.165, 1.54) is 22.5 Å². The van der Waals surface area contributed by atoms with E-state index in [9.17, 15) is 18.0 Å². The highest BCUT2D eigenvalue weighted by molar-refractivity contribution is 7.89. The number of halogens is 1. The van der Waals surface area contributed by atoms with Gasteiger partial charge in [-0.15, -0.1) is 0 Å². The second kappa shape index (κ2) is 8.04. The van der Waals surface area contributed by atoms with Gasteiger partial charge in [-0.3, -0.25) is 4.79 Å². The zero-order valence-corrected chi connectivity index (χ0v) is 15.7. The molecule has 1 atom stereocenters. The van der Waals surface area contributed by atoms with Crippen LogP contribution >= 0.6 is 11.6 Å². The van der Waals surface area contributed by atoms with Crippen molar-refractivity contribution < 1.29 is 27.5 Å². The summed E-state index contributed by atoms with van der Waals surface area (Å²) in [4.78, 5) is 24.1. The number of ketones is 1. The van der Waals surface area contributed by atoms with Crippen LogP contribution in [-0.2, 0) is 24.3 Å². The van der Waals surface area contributed by atoms with Crippen LogP contribution in [0.4, 0.5) is 0 Å². The van der Waals surface area contributed by atoms with Crippen molar-refractivity contribution in [3.63, 3.8) is 0 Å². The van der Waals surface area contributed by atoms with E-state index in [2.05, 4.69) is 0 Å². The van der Waals surface area contributed by atoms with Crippen LogP contribution < -0.4 is 0 Å². The number of hydrogen-bond donors (Lipinski definition) is 0. The van der Waals surface area contributed by atoms with Gasteiger partial charge in [0.2, 0.25) is 10.0 Å². The molecule has 1 aliphatic carbocycles. The minimum Gasteiger partial charge on any atom is -0.451 e. The van der Waals surface area contributed by atoms with Gasteiger partial charge in [0.1, 0.15) is 4.90 Å². The minimum absolute atomic E-state index is 0.0294. The van der Waals surface area contributed by atoms with Gasteiger partial charge in [0.05, 0.1) is 23.8 Å². The van der Waals surface area contributed by atoms with Gasteiger partial charge < -0.3 is 9.47 Å². The molecule has 3 rings (SSSR count). The highest BCUT2D eigenvalue weighted by Gasteiger charge is 2.30. The van der Waals surface area contributed by atoms with Gasteiger partial charge in [-0.05, 0) is 37.5 Å². The molecule has 1 heterocycles. The molecule has 0 spiro atoms. The Hall–Kier alpha value is -1.48. The Labute approximate surface area is 157 Å². The normalized spacial score (nSPS) is 22.2. The van der Waals surface area contributed by atoms with E-state index in [-0.39, 0.29) is 34.4 Å². The van der Waals surface area contributed by atoms with Crippen LogP contribution in [0.15, 0.2) is 23.1 Å². The zero-order chi connectivity index (χ0) is 18.7. The van der Waals surface area contributed by atoms with Crippen molar-refractivity contribution >= 4 is 33.4 Å². The average Bonchev–Trinajstić information content (AvgIpc) is 2.64. The third-order valence-corrected chi connectivity index (χ3v) is 6.88. The topological polar surface area (TPSA) is 90.0 Å². The number of hydrogen-bond acceptors (Lipinski definition) is 6. The van der Waals surface area contributed by atoms with Gasteiger partial charge in [0, 0.05) is 19.5 Å². The molecule has 9 heteroatoms. The summed E-state index contributed by atoms with van der Waals surface area (Å²) in [6.07, 6.45) is 1.76. The van der Waals surface area contributed by atoms with Crippen molar-refractivity contribution in [1.82, 2.24) is 4.31 Å². The summed E-state index contributed by atoms with van der Waals surface area (Å²) < 4.78 is 37.3. The molecule has 1 saturated heterocycles. The number of rotatable bonds is 4. The lowest BCUT2D eigenvalue weighted by Crippen LogP contribution is -2.40. The fourth-order valence-electron chi connectivity index (χ4n) is 3.03. The van der Waals surface area contributed by atoms with Crippen LogP contribution in [0.25, 0.3) is 0 Å². The smallest absolute Gasteiger partial charge is 0.338 e. The van der Waals surface area contributed by atoms with Crippen LogP contribution in [0.2, 0.25) is 5.02 Å². The molecule has 26 heavy (non-hydrogen) atoms. The molecule has 1 aromatic carbocycles. The Kier molecular flexibility index (Phi) is 5.96. The molecule has 0 amide bonds. The number of esters is 1. The second-order valence-corrected chi connectivity index (χ2v) is 8.58. The quantitative estimate of drug-likeness (QED) is 0.717. The monoisotopic (exact) mass is 401 g/mol. The molecule has 1 unspecified atom stereocenters. The molecular formula is C17H20ClNO6S. The molecule has 2 aliphatic rings. The molecule has 7 nitrogen and oxygen atoms in total. The van der Waals surface area contributed by atoms with Gasteiger partial charge in [-0.2, -0.15) is 4.31 Å². The van der Waals surface area contributed by atoms with Gasteiger partial charge in [0.25, 0.3) is 0 Å². The number of benzene rings is 1. The Morgan fingerprint density at radius 2 is 1.96 bits per heavy atom. The van der Waals surface area contributed by atoms with E-state index >= 15 is 0 Å². The molecule has 2 fully saturated rings. The van der Waals surface area contributed by atoms with E-state index in [0.717, 1.165) is 12.8 Å². The van der Waals surface area contributed by atoms with Crippen LogP contribution in [-0.4, -0.2) is 56.9 Å². The SMILES string of the molecule is O=C(OC1CCCCC1=O)c1ccc(Cl)c(S(=O)(=O)N2CCOCC2)c1.